The summed E-state index contributed by atoms with van der Waals surface area (Å²) in [7, 11) is -1.88. The fourth-order valence-electron chi connectivity index (χ4n) is 7.50. The maximum Gasteiger partial charge on any atom is 0.159 e. The molecule has 1 fully saturated rings. The molecular formula is C44H32OP2. The van der Waals surface area contributed by atoms with E-state index in [1.807, 2.05) is 0 Å². The molecule has 0 radical (unpaired) electrons. The van der Waals surface area contributed by atoms with Crippen LogP contribution >= 0.6 is 15.8 Å². The van der Waals surface area contributed by atoms with Crippen LogP contribution in [0, 0.1) is 0 Å². The van der Waals surface area contributed by atoms with Gasteiger partial charge in [0.05, 0.1) is 0 Å². The van der Waals surface area contributed by atoms with E-state index in [2.05, 4.69) is 194 Å². The summed E-state index contributed by atoms with van der Waals surface area (Å²) in [5.41, 5.74) is 3.08. The highest BCUT2D eigenvalue weighted by molar-refractivity contribution is 7.80. The van der Waals surface area contributed by atoms with Gasteiger partial charge in [-0.15, -0.1) is 0 Å². The van der Waals surface area contributed by atoms with Gasteiger partial charge in [-0.25, -0.2) is 0 Å². The van der Waals surface area contributed by atoms with Gasteiger partial charge in [0.25, 0.3) is 0 Å². The molecule has 1 nitrogen and oxygen atoms in total. The Hall–Kier alpha value is -4.64. The number of epoxide rings is 1. The van der Waals surface area contributed by atoms with Gasteiger partial charge in [0.15, 0.2) is 10.9 Å². The molecule has 1 aliphatic heterocycles. The molecule has 1 saturated heterocycles. The molecule has 0 saturated carbocycles. The lowest BCUT2D eigenvalue weighted by Gasteiger charge is -2.34. The molecule has 0 amide bonds. The second kappa shape index (κ2) is 11.6. The van der Waals surface area contributed by atoms with E-state index in [-0.39, 0.29) is 0 Å². The minimum absolute atomic E-state index is 0.577. The molecular weight excluding hydrogens is 606 g/mol. The Labute approximate surface area is 278 Å². The highest BCUT2D eigenvalue weighted by Crippen LogP contribution is 2.76. The van der Waals surface area contributed by atoms with Gasteiger partial charge >= 0.3 is 0 Å². The lowest BCUT2D eigenvalue weighted by Crippen LogP contribution is -2.36. The second-order valence-electron chi connectivity index (χ2n) is 12.1. The van der Waals surface area contributed by atoms with E-state index in [1.165, 1.54) is 54.0 Å². The quantitative estimate of drug-likeness (QED) is 0.126. The predicted octanol–water partition coefficient (Wildman–Crippen LogP) is 8.73. The van der Waals surface area contributed by atoms with Crippen LogP contribution in [-0.2, 0) is 10.3 Å². The Kier molecular flexibility index (Phi) is 7.02. The van der Waals surface area contributed by atoms with Crippen LogP contribution in [0.25, 0.3) is 16.8 Å². The summed E-state index contributed by atoms with van der Waals surface area (Å²) in [5, 5.41) is 8.56. The van der Waals surface area contributed by atoms with Crippen molar-refractivity contribution in [2.75, 3.05) is 0 Å². The fraction of sp³-hybridized carbons (Fsp3) is 0.0455. The lowest BCUT2D eigenvalue weighted by molar-refractivity contribution is 0.333. The molecule has 2 atom stereocenters. The van der Waals surface area contributed by atoms with Crippen molar-refractivity contribution in [1.29, 1.82) is 0 Å². The normalized spacial score (nSPS) is 19.4. The van der Waals surface area contributed by atoms with E-state index in [9.17, 15) is 0 Å². The molecule has 1 unspecified atom stereocenters. The zero-order valence-electron chi connectivity index (χ0n) is 25.8. The Morgan fingerprint density at radius 1 is 0.447 bits per heavy atom. The van der Waals surface area contributed by atoms with E-state index in [4.69, 9.17) is 4.74 Å². The number of fused-ring (bicyclic) bond motifs is 4. The van der Waals surface area contributed by atoms with E-state index in [0.717, 1.165) is 0 Å². The Bertz CT molecular complexity index is 2160. The van der Waals surface area contributed by atoms with Gasteiger partial charge in [0.1, 0.15) is 0 Å². The number of ether oxygens (including phenoxy) is 1. The van der Waals surface area contributed by atoms with Crippen molar-refractivity contribution in [1.82, 2.24) is 0 Å². The van der Waals surface area contributed by atoms with Crippen molar-refractivity contribution in [3.8, 4) is 0 Å². The highest BCUT2D eigenvalue weighted by Gasteiger charge is 2.76. The van der Waals surface area contributed by atoms with Crippen LogP contribution in [0.3, 0.4) is 0 Å². The SMILES string of the molecule is C1=CC2(P(c3ccccc3)c3ccccc3)O[C@@]2(c2c(P(c3ccccc3)c3ccccc3)ccc3ccccc23)c2ccccc21. The molecule has 2 aliphatic rings. The van der Waals surface area contributed by atoms with Crippen molar-refractivity contribution in [2.24, 2.45) is 0 Å². The first kappa shape index (κ1) is 28.6. The topological polar surface area (TPSA) is 12.5 Å². The minimum Gasteiger partial charge on any atom is -0.342 e. The van der Waals surface area contributed by atoms with E-state index >= 15 is 0 Å². The second-order valence-corrected chi connectivity index (χ2v) is 16.6. The molecule has 0 spiro atoms. The summed E-state index contributed by atoms with van der Waals surface area (Å²) >= 11 is 0. The van der Waals surface area contributed by atoms with Gasteiger partial charge in [-0.2, -0.15) is 0 Å². The average Bonchev–Trinajstić information content (AvgIpc) is 3.84. The van der Waals surface area contributed by atoms with Crippen LogP contribution in [0.15, 0.2) is 188 Å². The van der Waals surface area contributed by atoms with Crippen molar-refractivity contribution >= 4 is 59.2 Å². The molecule has 9 rings (SSSR count). The zero-order chi connectivity index (χ0) is 31.3. The van der Waals surface area contributed by atoms with Gasteiger partial charge in [0, 0.05) is 5.56 Å². The highest BCUT2D eigenvalue weighted by atomic mass is 31.1. The van der Waals surface area contributed by atoms with Gasteiger partial charge in [-0.05, 0) is 70.3 Å². The van der Waals surface area contributed by atoms with Crippen LogP contribution < -0.4 is 26.5 Å². The molecule has 3 heteroatoms. The van der Waals surface area contributed by atoms with E-state index < -0.39 is 26.8 Å². The third-order valence-electron chi connectivity index (χ3n) is 9.49. The summed E-state index contributed by atoms with van der Waals surface area (Å²) in [6.07, 6.45) is 4.71. The molecule has 1 heterocycles. The summed E-state index contributed by atoms with van der Waals surface area (Å²) in [6, 6.07) is 66.7. The third-order valence-corrected chi connectivity index (χ3v) is 14.8. The van der Waals surface area contributed by atoms with Crippen LogP contribution in [-0.4, -0.2) is 5.34 Å². The van der Waals surface area contributed by atoms with Gasteiger partial charge in [0.2, 0.25) is 0 Å². The van der Waals surface area contributed by atoms with Crippen LogP contribution in [0.2, 0.25) is 0 Å². The monoisotopic (exact) mass is 638 g/mol. The van der Waals surface area contributed by atoms with Crippen LogP contribution in [0.1, 0.15) is 16.7 Å². The molecule has 0 N–H and O–H groups in total. The Morgan fingerprint density at radius 3 is 1.57 bits per heavy atom. The van der Waals surface area contributed by atoms with Crippen molar-refractivity contribution in [2.45, 2.75) is 10.9 Å². The van der Waals surface area contributed by atoms with Gasteiger partial charge in [-0.3, -0.25) is 0 Å². The number of rotatable bonds is 7. The lowest BCUT2D eigenvalue weighted by atomic mass is 9.79. The predicted molar refractivity (Wildman–Crippen MR) is 202 cm³/mol. The van der Waals surface area contributed by atoms with Crippen LogP contribution in [0.5, 0.6) is 0 Å². The summed E-state index contributed by atoms with van der Waals surface area (Å²) < 4.78 is 7.66. The molecule has 47 heavy (non-hydrogen) atoms. The fourth-order valence-corrected chi connectivity index (χ4v) is 13.0. The summed E-state index contributed by atoms with van der Waals surface area (Å²) in [4.78, 5) is 0. The largest absolute Gasteiger partial charge is 0.342 e. The number of hydrogen-bond acceptors (Lipinski definition) is 1. The number of benzene rings is 7. The van der Waals surface area contributed by atoms with E-state index in [0.29, 0.717) is 0 Å². The molecule has 7 aromatic rings. The van der Waals surface area contributed by atoms with Gasteiger partial charge < -0.3 is 4.74 Å². The standard InChI is InChI=1S/C44H32OP2/c1-5-19-35(20-6-1)46(36-21-7-2-8-22-36)41-30-29-33-17-13-15-27-39(33)42(41)44-40-28-16-14-18-34(40)31-32-43(44,45-44)47(37-23-9-3-10-24-37)38-25-11-4-12-26-38/h1-32H/t43?,44-/m1/s1. The maximum absolute atomic E-state index is 7.66. The Balaban J connectivity index is 1.40. The van der Waals surface area contributed by atoms with Gasteiger partial charge in [-0.1, -0.05) is 188 Å². The smallest absolute Gasteiger partial charge is 0.159 e. The van der Waals surface area contributed by atoms with E-state index in [1.54, 1.807) is 0 Å². The molecule has 0 aromatic heterocycles. The third kappa shape index (κ3) is 4.50. The van der Waals surface area contributed by atoms with Crippen LogP contribution in [0.4, 0.5) is 0 Å². The van der Waals surface area contributed by atoms with Crippen molar-refractivity contribution < 1.29 is 4.74 Å². The molecule has 7 aromatic carbocycles. The van der Waals surface area contributed by atoms with Crippen molar-refractivity contribution in [3.63, 3.8) is 0 Å². The van der Waals surface area contributed by atoms with Crippen molar-refractivity contribution in [3.05, 3.63) is 205 Å². The molecule has 1 aliphatic carbocycles. The summed E-state index contributed by atoms with van der Waals surface area (Å²) in [6.45, 7) is 0. The maximum atomic E-state index is 7.66. The average molecular weight is 639 g/mol. The first-order valence-corrected chi connectivity index (χ1v) is 18.8. The zero-order valence-corrected chi connectivity index (χ0v) is 27.6. The Morgan fingerprint density at radius 2 is 0.957 bits per heavy atom. The number of hydrogen-bond donors (Lipinski definition) is 0. The minimum atomic E-state index is -0.971. The first-order chi connectivity index (χ1) is 23.3. The summed E-state index contributed by atoms with van der Waals surface area (Å²) in [5.74, 6) is 0. The molecule has 0 bridgehead atoms. The molecule has 224 valence electrons. The first-order valence-electron chi connectivity index (χ1n) is 16.1.